The highest BCUT2D eigenvalue weighted by molar-refractivity contribution is 6.33. The maximum Gasteiger partial charge on any atom is 0.0484 e. The lowest BCUT2D eigenvalue weighted by Crippen LogP contribution is -2.33. The predicted octanol–water partition coefficient (Wildman–Crippen LogP) is 4.85. The summed E-state index contributed by atoms with van der Waals surface area (Å²) in [5.41, 5.74) is 5.44. The summed E-state index contributed by atoms with van der Waals surface area (Å²) in [4.78, 5) is 2.34. The van der Waals surface area contributed by atoms with Gasteiger partial charge in [-0.3, -0.25) is 0 Å². The van der Waals surface area contributed by atoms with Gasteiger partial charge in [-0.15, -0.1) is 12.4 Å². The second kappa shape index (κ2) is 6.83. The zero-order valence-corrected chi connectivity index (χ0v) is 14.0. The molecule has 21 heavy (non-hydrogen) atoms. The normalized spacial score (nSPS) is 17.2. The van der Waals surface area contributed by atoms with E-state index in [9.17, 15) is 0 Å². The fraction of sp³-hybridized carbons (Fsp3) is 0.333. The average Bonchev–Trinajstić information content (AvgIpc) is 2.46. The van der Waals surface area contributed by atoms with Gasteiger partial charge in [-0.1, -0.05) is 48.0 Å². The van der Waals surface area contributed by atoms with Gasteiger partial charge >= 0.3 is 0 Å². The summed E-state index contributed by atoms with van der Waals surface area (Å²) >= 11 is 6.37. The van der Waals surface area contributed by atoms with Gasteiger partial charge in [0.05, 0.1) is 0 Å². The van der Waals surface area contributed by atoms with E-state index in [0.29, 0.717) is 6.04 Å². The van der Waals surface area contributed by atoms with Crippen LogP contribution in [0.3, 0.4) is 0 Å². The van der Waals surface area contributed by atoms with Crippen LogP contribution in [0, 0.1) is 0 Å². The summed E-state index contributed by atoms with van der Waals surface area (Å²) in [6.45, 7) is 0. The summed E-state index contributed by atoms with van der Waals surface area (Å²) in [7, 11) is 4.35. The number of benzene rings is 2. The topological polar surface area (TPSA) is 3.24 Å². The Kier molecular flexibility index (Phi) is 5.32. The van der Waals surface area contributed by atoms with E-state index in [1.807, 2.05) is 12.1 Å². The van der Waals surface area contributed by atoms with Crippen LogP contribution in [0.1, 0.15) is 17.5 Å². The summed E-state index contributed by atoms with van der Waals surface area (Å²) < 4.78 is 0. The van der Waals surface area contributed by atoms with E-state index in [0.717, 1.165) is 23.4 Å². The van der Waals surface area contributed by atoms with Gasteiger partial charge in [-0.2, -0.15) is 0 Å². The number of halogens is 2. The molecule has 2 aromatic rings. The van der Waals surface area contributed by atoms with Crippen LogP contribution in [-0.2, 0) is 12.8 Å². The van der Waals surface area contributed by atoms with Gasteiger partial charge < -0.3 is 4.90 Å². The summed E-state index contributed by atoms with van der Waals surface area (Å²) in [5.74, 6) is 0. The average molecular weight is 322 g/mol. The molecule has 1 atom stereocenters. The van der Waals surface area contributed by atoms with E-state index in [1.54, 1.807) is 0 Å². The minimum Gasteiger partial charge on any atom is -0.306 e. The third kappa shape index (κ3) is 3.26. The van der Waals surface area contributed by atoms with Crippen LogP contribution < -0.4 is 0 Å². The molecule has 3 rings (SSSR count). The molecule has 1 aliphatic rings. The molecule has 0 heterocycles. The molecule has 0 saturated heterocycles. The summed E-state index contributed by atoms with van der Waals surface area (Å²) in [6.07, 6.45) is 3.50. The van der Waals surface area contributed by atoms with Crippen LogP contribution in [0.5, 0.6) is 0 Å². The molecule has 0 radical (unpaired) electrons. The minimum atomic E-state index is 0. The fourth-order valence-corrected chi connectivity index (χ4v) is 3.40. The standard InChI is InChI=1S/C18H20ClN.ClH/c1-20(2)14-10-11-15-13(12-14)6-5-8-16(15)17-7-3-4-9-18(17)19;/h3-9,14H,10-12H2,1-2H3;1H/t14-;/m0./s1. The van der Waals surface area contributed by atoms with E-state index >= 15 is 0 Å². The van der Waals surface area contributed by atoms with Crippen molar-refractivity contribution in [1.82, 2.24) is 4.90 Å². The Hall–Kier alpha value is -1.02. The van der Waals surface area contributed by atoms with Crippen LogP contribution >= 0.6 is 24.0 Å². The molecule has 0 bridgehead atoms. The highest BCUT2D eigenvalue weighted by atomic mass is 35.5. The molecule has 0 spiro atoms. The smallest absolute Gasteiger partial charge is 0.0484 e. The third-order valence-electron chi connectivity index (χ3n) is 4.35. The summed E-state index contributed by atoms with van der Waals surface area (Å²) in [5, 5.41) is 0.843. The highest BCUT2D eigenvalue weighted by Crippen LogP contribution is 2.35. The van der Waals surface area contributed by atoms with Gasteiger partial charge in [0, 0.05) is 16.6 Å². The van der Waals surface area contributed by atoms with Gasteiger partial charge in [0.1, 0.15) is 0 Å². The van der Waals surface area contributed by atoms with Crippen molar-refractivity contribution in [2.75, 3.05) is 14.1 Å². The van der Waals surface area contributed by atoms with Crippen molar-refractivity contribution in [2.24, 2.45) is 0 Å². The Morgan fingerprint density at radius 3 is 2.43 bits per heavy atom. The lowest BCUT2D eigenvalue weighted by Gasteiger charge is -2.31. The highest BCUT2D eigenvalue weighted by Gasteiger charge is 2.22. The molecule has 0 amide bonds. The predicted molar refractivity (Wildman–Crippen MR) is 93.6 cm³/mol. The van der Waals surface area contributed by atoms with Gasteiger partial charge in [-0.25, -0.2) is 0 Å². The van der Waals surface area contributed by atoms with Crippen molar-refractivity contribution in [3.05, 3.63) is 58.6 Å². The molecule has 2 aromatic carbocycles. The van der Waals surface area contributed by atoms with E-state index in [4.69, 9.17) is 11.6 Å². The van der Waals surface area contributed by atoms with Crippen molar-refractivity contribution in [3.8, 4) is 11.1 Å². The van der Waals surface area contributed by atoms with E-state index in [-0.39, 0.29) is 12.4 Å². The Balaban J connectivity index is 0.00000161. The second-order valence-corrected chi connectivity index (χ2v) is 6.19. The zero-order chi connectivity index (χ0) is 14.1. The number of hydrogen-bond donors (Lipinski definition) is 0. The van der Waals surface area contributed by atoms with Gasteiger partial charge in [0.15, 0.2) is 0 Å². The maximum atomic E-state index is 6.37. The number of hydrogen-bond acceptors (Lipinski definition) is 1. The number of likely N-dealkylation sites (N-methyl/N-ethyl adjacent to an activating group) is 1. The monoisotopic (exact) mass is 321 g/mol. The van der Waals surface area contributed by atoms with Crippen LogP contribution in [-0.4, -0.2) is 25.0 Å². The fourth-order valence-electron chi connectivity index (χ4n) is 3.16. The molecular formula is C18H21Cl2N. The number of rotatable bonds is 2. The van der Waals surface area contributed by atoms with Crippen LogP contribution in [0.15, 0.2) is 42.5 Å². The molecular weight excluding hydrogens is 301 g/mol. The first-order valence-corrected chi connectivity index (χ1v) is 7.56. The Morgan fingerprint density at radius 1 is 1.00 bits per heavy atom. The zero-order valence-electron chi connectivity index (χ0n) is 12.5. The Labute approximate surface area is 138 Å². The van der Waals surface area contributed by atoms with Crippen LogP contribution in [0.4, 0.5) is 0 Å². The van der Waals surface area contributed by atoms with E-state index < -0.39 is 0 Å². The van der Waals surface area contributed by atoms with Gasteiger partial charge in [0.2, 0.25) is 0 Å². The van der Waals surface area contributed by atoms with Crippen LogP contribution in [0.2, 0.25) is 5.02 Å². The second-order valence-electron chi connectivity index (χ2n) is 5.78. The van der Waals surface area contributed by atoms with Crippen molar-refractivity contribution < 1.29 is 0 Å². The Bertz CT molecular complexity index is 622. The molecule has 3 heteroatoms. The lowest BCUT2D eigenvalue weighted by atomic mass is 9.83. The first-order valence-electron chi connectivity index (χ1n) is 7.19. The SMILES string of the molecule is CN(C)[C@H]1CCc2c(cccc2-c2ccccc2Cl)C1.Cl. The molecule has 0 fully saturated rings. The molecule has 0 saturated carbocycles. The van der Waals surface area contributed by atoms with E-state index in [2.05, 4.69) is 49.3 Å². The maximum absolute atomic E-state index is 6.37. The van der Waals surface area contributed by atoms with Crippen molar-refractivity contribution in [2.45, 2.75) is 25.3 Å². The Morgan fingerprint density at radius 2 is 1.71 bits per heavy atom. The van der Waals surface area contributed by atoms with Crippen molar-refractivity contribution in [1.29, 1.82) is 0 Å². The lowest BCUT2D eigenvalue weighted by molar-refractivity contribution is 0.268. The summed E-state index contributed by atoms with van der Waals surface area (Å²) in [6, 6.07) is 15.4. The minimum absolute atomic E-state index is 0. The molecule has 0 aromatic heterocycles. The van der Waals surface area contributed by atoms with Crippen LogP contribution in [0.25, 0.3) is 11.1 Å². The van der Waals surface area contributed by atoms with Crippen molar-refractivity contribution in [3.63, 3.8) is 0 Å². The van der Waals surface area contributed by atoms with Gasteiger partial charge in [-0.05, 0) is 56.1 Å². The van der Waals surface area contributed by atoms with Gasteiger partial charge in [0.25, 0.3) is 0 Å². The number of nitrogens with zero attached hydrogens (tertiary/aromatic N) is 1. The molecule has 0 N–H and O–H groups in total. The molecule has 0 aliphatic heterocycles. The quantitative estimate of drug-likeness (QED) is 0.764. The number of fused-ring (bicyclic) bond motifs is 1. The first kappa shape index (κ1) is 16.4. The third-order valence-corrected chi connectivity index (χ3v) is 4.68. The van der Waals surface area contributed by atoms with E-state index in [1.165, 1.54) is 23.1 Å². The molecule has 112 valence electrons. The molecule has 0 unspecified atom stereocenters. The largest absolute Gasteiger partial charge is 0.306 e. The molecule has 1 aliphatic carbocycles. The first-order chi connectivity index (χ1) is 9.66. The molecule has 1 nitrogen and oxygen atoms in total. The van der Waals surface area contributed by atoms with Crippen molar-refractivity contribution >= 4 is 24.0 Å².